The molecule has 0 unspecified atom stereocenters. The molecule has 2 aromatic carbocycles. The second-order valence-corrected chi connectivity index (χ2v) is 6.60. The lowest BCUT2D eigenvalue weighted by Gasteiger charge is -2.16. The Morgan fingerprint density at radius 3 is 2.52 bits per heavy atom. The summed E-state index contributed by atoms with van der Waals surface area (Å²) in [6.45, 7) is 5.53. The Morgan fingerprint density at radius 2 is 1.84 bits per heavy atom. The van der Waals surface area contributed by atoms with E-state index in [-0.39, 0.29) is 21.7 Å². The van der Waals surface area contributed by atoms with Crippen LogP contribution < -0.4 is 5.32 Å². The SMILES string of the molecule is Cc1ccc([C@@H](C)NC(=O)COC(=O)c2cccc(Cl)c2Cl)cc1C. The van der Waals surface area contributed by atoms with E-state index in [1.165, 1.54) is 11.6 Å². The Labute approximate surface area is 157 Å². The monoisotopic (exact) mass is 379 g/mol. The maximum atomic E-state index is 12.0. The van der Waals surface area contributed by atoms with Crippen LogP contribution in [0, 0.1) is 13.8 Å². The van der Waals surface area contributed by atoms with Gasteiger partial charge in [0.1, 0.15) is 0 Å². The molecule has 0 radical (unpaired) electrons. The van der Waals surface area contributed by atoms with Crippen molar-refractivity contribution in [1.82, 2.24) is 5.32 Å². The fourth-order valence-electron chi connectivity index (χ4n) is 2.27. The summed E-state index contributed by atoms with van der Waals surface area (Å²) in [4.78, 5) is 24.0. The minimum atomic E-state index is -0.693. The number of halogens is 2. The standard InChI is InChI=1S/C19H19Cl2NO3/c1-11-7-8-14(9-12(11)2)13(3)22-17(23)10-25-19(24)15-5-4-6-16(20)18(15)21/h4-9,13H,10H2,1-3H3,(H,22,23)/t13-/m1/s1. The lowest BCUT2D eigenvalue weighted by Crippen LogP contribution is -2.31. The summed E-state index contributed by atoms with van der Waals surface area (Å²) in [5.74, 6) is -1.08. The van der Waals surface area contributed by atoms with Crippen LogP contribution in [-0.2, 0) is 9.53 Å². The highest BCUT2D eigenvalue weighted by atomic mass is 35.5. The van der Waals surface area contributed by atoms with E-state index in [0.717, 1.165) is 11.1 Å². The van der Waals surface area contributed by atoms with Gasteiger partial charge in [0.25, 0.3) is 5.91 Å². The highest BCUT2D eigenvalue weighted by Gasteiger charge is 2.16. The maximum Gasteiger partial charge on any atom is 0.340 e. The molecule has 0 aliphatic carbocycles. The number of hydrogen-bond acceptors (Lipinski definition) is 3. The van der Waals surface area contributed by atoms with Crippen molar-refractivity contribution >= 4 is 35.1 Å². The van der Waals surface area contributed by atoms with Crippen molar-refractivity contribution in [3.63, 3.8) is 0 Å². The number of benzene rings is 2. The summed E-state index contributed by atoms with van der Waals surface area (Å²) >= 11 is 11.8. The van der Waals surface area contributed by atoms with E-state index in [0.29, 0.717) is 0 Å². The molecule has 0 bridgehead atoms. The first-order valence-corrected chi connectivity index (χ1v) is 8.53. The van der Waals surface area contributed by atoms with Crippen LogP contribution in [0.3, 0.4) is 0 Å². The number of carbonyl (C=O) groups excluding carboxylic acids is 2. The molecule has 2 rings (SSSR count). The van der Waals surface area contributed by atoms with Crippen molar-refractivity contribution in [2.45, 2.75) is 26.8 Å². The molecular weight excluding hydrogens is 361 g/mol. The smallest absolute Gasteiger partial charge is 0.340 e. The highest BCUT2D eigenvalue weighted by Crippen LogP contribution is 2.26. The maximum absolute atomic E-state index is 12.0. The number of aryl methyl sites for hydroxylation is 2. The fourth-order valence-corrected chi connectivity index (χ4v) is 2.65. The molecule has 0 fully saturated rings. The number of esters is 1. The Balaban J connectivity index is 1.92. The average Bonchev–Trinajstić information content (AvgIpc) is 2.57. The van der Waals surface area contributed by atoms with Gasteiger partial charge in [0, 0.05) is 0 Å². The summed E-state index contributed by atoms with van der Waals surface area (Å²) in [6.07, 6.45) is 0. The molecule has 2 aromatic rings. The molecular formula is C19H19Cl2NO3. The molecule has 4 nitrogen and oxygen atoms in total. The largest absolute Gasteiger partial charge is 0.452 e. The molecule has 0 spiro atoms. The second-order valence-electron chi connectivity index (χ2n) is 5.81. The van der Waals surface area contributed by atoms with Crippen molar-refractivity contribution < 1.29 is 14.3 Å². The Kier molecular flexibility index (Phi) is 6.45. The summed E-state index contributed by atoms with van der Waals surface area (Å²) < 4.78 is 5.01. The molecule has 0 aromatic heterocycles. The van der Waals surface area contributed by atoms with Gasteiger partial charge in [-0.15, -0.1) is 0 Å². The van der Waals surface area contributed by atoms with Crippen LogP contribution in [0.5, 0.6) is 0 Å². The lowest BCUT2D eigenvalue weighted by atomic mass is 10.0. The van der Waals surface area contributed by atoms with E-state index in [1.54, 1.807) is 12.1 Å². The van der Waals surface area contributed by atoms with Crippen LogP contribution in [0.25, 0.3) is 0 Å². The summed E-state index contributed by atoms with van der Waals surface area (Å²) in [6, 6.07) is 10.5. The van der Waals surface area contributed by atoms with Crippen LogP contribution in [0.15, 0.2) is 36.4 Å². The third-order valence-electron chi connectivity index (χ3n) is 3.91. The van der Waals surface area contributed by atoms with Gasteiger partial charge in [-0.2, -0.15) is 0 Å². The number of amides is 1. The number of ether oxygens (including phenoxy) is 1. The van der Waals surface area contributed by atoms with E-state index in [4.69, 9.17) is 27.9 Å². The summed E-state index contributed by atoms with van der Waals surface area (Å²) in [7, 11) is 0. The fraction of sp³-hybridized carbons (Fsp3) is 0.263. The van der Waals surface area contributed by atoms with Crippen LogP contribution in [0.1, 0.15) is 40.0 Å². The zero-order chi connectivity index (χ0) is 18.6. The first kappa shape index (κ1) is 19.3. The van der Waals surface area contributed by atoms with E-state index in [9.17, 15) is 9.59 Å². The lowest BCUT2D eigenvalue weighted by molar-refractivity contribution is -0.124. The van der Waals surface area contributed by atoms with Gasteiger partial charge in [-0.3, -0.25) is 4.79 Å². The molecule has 132 valence electrons. The minimum absolute atomic E-state index is 0.109. The summed E-state index contributed by atoms with van der Waals surface area (Å²) in [5, 5.41) is 3.16. The van der Waals surface area contributed by atoms with Crippen molar-refractivity contribution in [2.75, 3.05) is 6.61 Å². The van der Waals surface area contributed by atoms with E-state index < -0.39 is 18.5 Å². The van der Waals surface area contributed by atoms with Crippen molar-refractivity contribution in [1.29, 1.82) is 0 Å². The van der Waals surface area contributed by atoms with Crippen LogP contribution >= 0.6 is 23.2 Å². The predicted octanol–water partition coefficient (Wildman–Crippen LogP) is 4.64. The number of rotatable bonds is 5. The first-order chi connectivity index (χ1) is 11.8. The van der Waals surface area contributed by atoms with E-state index >= 15 is 0 Å². The zero-order valence-corrected chi connectivity index (χ0v) is 15.7. The number of nitrogens with one attached hydrogen (secondary N) is 1. The normalized spacial score (nSPS) is 11.7. The van der Waals surface area contributed by atoms with Gasteiger partial charge in [-0.05, 0) is 49.6 Å². The van der Waals surface area contributed by atoms with E-state index in [1.807, 2.05) is 39.0 Å². The molecule has 25 heavy (non-hydrogen) atoms. The molecule has 6 heteroatoms. The molecule has 0 saturated carbocycles. The Bertz CT molecular complexity index is 805. The van der Waals surface area contributed by atoms with Crippen LogP contribution in [0.2, 0.25) is 10.0 Å². The van der Waals surface area contributed by atoms with Gasteiger partial charge in [0.05, 0.1) is 21.7 Å². The van der Waals surface area contributed by atoms with Crippen LogP contribution in [-0.4, -0.2) is 18.5 Å². The van der Waals surface area contributed by atoms with Gasteiger partial charge in [0.15, 0.2) is 6.61 Å². The van der Waals surface area contributed by atoms with E-state index in [2.05, 4.69) is 5.32 Å². The highest BCUT2D eigenvalue weighted by molar-refractivity contribution is 6.43. The van der Waals surface area contributed by atoms with Gasteiger partial charge in [-0.1, -0.05) is 47.5 Å². The van der Waals surface area contributed by atoms with Crippen molar-refractivity contribution in [3.05, 3.63) is 68.7 Å². The first-order valence-electron chi connectivity index (χ1n) is 7.77. The zero-order valence-electron chi connectivity index (χ0n) is 14.2. The molecule has 0 aliphatic rings. The molecule has 1 atom stereocenters. The topological polar surface area (TPSA) is 55.4 Å². The van der Waals surface area contributed by atoms with Gasteiger partial charge in [0.2, 0.25) is 0 Å². The molecule has 1 N–H and O–H groups in total. The third-order valence-corrected chi connectivity index (χ3v) is 4.73. The van der Waals surface area contributed by atoms with Crippen LogP contribution in [0.4, 0.5) is 0 Å². The minimum Gasteiger partial charge on any atom is -0.452 e. The summed E-state index contributed by atoms with van der Waals surface area (Å²) in [5.41, 5.74) is 3.46. The Morgan fingerprint density at radius 1 is 1.12 bits per heavy atom. The van der Waals surface area contributed by atoms with Crippen molar-refractivity contribution in [3.8, 4) is 0 Å². The molecule has 0 saturated heterocycles. The predicted molar refractivity (Wildman–Crippen MR) is 99.2 cm³/mol. The van der Waals surface area contributed by atoms with Crippen molar-refractivity contribution in [2.24, 2.45) is 0 Å². The average molecular weight is 380 g/mol. The number of carbonyl (C=O) groups is 2. The van der Waals surface area contributed by atoms with Gasteiger partial charge in [-0.25, -0.2) is 4.79 Å². The number of hydrogen-bond donors (Lipinski definition) is 1. The third kappa shape index (κ3) is 4.97. The Hall–Kier alpha value is -2.04. The second kappa shape index (κ2) is 8.37. The molecule has 0 aliphatic heterocycles. The van der Waals surface area contributed by atoms with Gasteiger partial charge >= 0.3 is 5.97 Å². The molecule has 1 amide bonds. The quantitative estimate of drug-likeness (QED) is 0.769. The van der Waals surface area contributed by atoms with Gasteiger partial charge < -0.3 is 10.1 Å². The molecule has 0 heterocycles.